The number of methoxy groups -OCH3 is 2. The monoisotopic (exact) mass is 469 g/mol. The SMILES string of the molecule is CCNC(=NCc1ccc(OC)cc1)NCc1ccc(COC)cc1.I. The number of ether oxygens (including phenoxy) is 2. The molecule has 0 atom stereocenters. The van der Waals surface area contributed by atoms with Gasteiger partial charge in [-0.25, -0.2) is 4.99 Å². The molecule has 0 aromatic heterocycles. The van der Waals surface area contributed by atoms with Crippen LogP contribution >= 0.6 is 24.0 Å². The molecule has 0 heterocycles. The molecule has 2 rings (SSSR count). The Morgan fingerprint density at radius 1 is 0.885 bits per heavy atom. The van der Waals surface area contributed by atoms with Crippen LogP contribution in [0.5, 0.6) is 5.75 Å². The van der Waals surface area contributed by atoms with E-state index in [9.17, 15) is 0 Å². The van der Waals surface area contributed by atoms with Gasteiger partial charge >= 0.3 is 0 Å². The molecule has 0 unspecified atom stereocenters. The molecule has 0 saturated carbocycles. The molecule has 26 heavy (non-hydrogen) atoms. The van der Waals surface area contributed by atoms with E-state index >= 15 is 0 Å². The van der Waals surface area contributed by atoms with Crippen LogP contribution in [0.4, 0.5) is 0 Å². The molecular weight excluding hydrogens is 441 g/mol. The van der Waals surface area contributed by atoms with Crippen molar-refractivity contribution in [3.63, 3.8) is 0 Å². The Kier molecular flexibility index (Phi) is 10.7. The Labute approximate surface area is 173 Å². The Bertz CT molecular complexity index is 658. The Morgan fingerprint density at radius 3 is 2.08 bits per heavy atom. The fourth-order valence-corrected chi connectivity index (χ4v) is 2.35. The average molecular weight is 469 g/mol. The van der Waals surface area contributed by atoms with E-state index in [1.165, 1.54) is 11.1 Å². The van der Waals surface area contributed by atoms with Gasteiger partial charge in [-0.3, -0.25) is 0 Å². The maximum Gasteiger partial charge on any atom is 0.191 e. The van der Waals surface area contributed by atoms with Crippen molar-refractivity contribution in [2.75, 3.05) is 20.8 Å². The van der Waals surface area contributed by atoms with Gasteiger partial charge in [0.2, 0.25) is 0 Å². The number of nitrogens with one attached hydrogen (secondary N) is 2. The molecule has 5 nitrogen and oxygen atoms in total. The molecule has 0 amide bonds. The van der Waals surface area contributed by atoms with E-state index in [1.54, 1.807) is 14.2 Å². The van der Waals surface area contributed by atoms with Gasteiger partial charge in [-0.15, -0.1) is 24.0 Å². The van der Waals surface area contributed by atoms with E-state index in [0.717, 1.165) is 30.4 Å². The summed E-state index contributed by atoms with van der Waals surface area (Å²) in [5.41, 5.74) is 3.52. The fraction of sp³-hybridized carbons (Fsp3) is 0.350. The summed E-state index contributed by atoms with van der Waals surface area (Å²) in [7, 11) is 3.37. The molecular formula is C20H28IN3O2. The molecule has 0 aliphatic rings. The Morgan fingerprint density at radius 2 is 1.50 bits per heavy atom. The van der Waals surface area contributed by atoms with Crippen molar-refractivity contribution in [2.45, 2.75) is 26.6 Å². The summed E-state index contributed by atoms with van der Waals surface area (Å²) < 4.78 is 10.3. The number of nitrogens with zero attached hydrogens (tertiary/aromatic N) is 1. The van der Waals surface area contributed by atoms with Crippen LogP contribution in [0.15, 0.2) is 53.5 Å². The molecule has 6 heteroatoms. The number of hydrogen-bond acceptors (Lipinski definition) is 3. The molecule has 142 valence electrons. The summed E-state index contributed by atoms with van der Waals surface area (Å²) in [5.74, 6) is 1.66. The van der Waals surface area contributed by atoms with Gasteiger partial charge in [-0.05, 0) is 35.7 Å². The highest BCUT2D eigenvalue weighted by molar-refractivity contribution is 14.0. The number of hydrogen-bond donors (Lipinski definition) is 2. The van der Waals surface area contributed by atoms with Gasteiger partial charge in [0.1, 0.15) is 5.75 Å². The van der Waals surface area contributed by atoms with Crippen molar-refractivity contribution in [3.05, 3.63) is 65.2 Å². The van der Waals surface area contributed by atoms with Crippen LogP contribution in [0.3, 0.4) is 0 Å². The van der Waals surface area contributed by atoms with Crippen LogP contribution in [-0.2, 0) is 24.4 Å². The second kappa shape index (κ2) is 12.5. The van der Waals surface area contributed by atoms with Crippen LogP contribution in [0.1, 0.15) is 23.6 Å². The van der Waals surface area contributed by atoms with E-state index in [2.05, 4.69) is 46.8 Å². The molecule has 0 radical (unpaired) electrons. The van der Waals surface area contributed by atoms with Crippen molar-refractivity contribution in [1.82, 2.24) is 10.6 Å². The minimum Gasteiger partial charge on any atom is -0.497 e. The average Bonchev–Trinajstić information content (AvgIpc) is 2.66. The number of guanidine groups is 1. The molecule has 0 bridgehead atoms. The van der Waals surface area contributed by atoms with Crippen molar-refractivity contribution in [2.24, 2.45) is 4.99 Å². The third-order valence-electron chi connectivity index (χ3n) is 3.72. The number of aliphatic imine (C=N–C) groups is 1. The first-order valence-corrected chi connectivity index (χ1v) is 8.47. The largest absolute Gasteiger partial charge is 0.497 e. The molecule has 2 aromatic carbocycles. The standard InChI is InChI=1S/C20H27N3O2.HI/c1-4-21-20(23-14-17-9-11-19(25-3)12-10-17)22-13-16-5-7-18(8-6-16)15-24-2;/h5-12H,4,13-15H2,1-3H3,(H2,21,22,23);1H. The first kappa shape index (κ1) is 22.2. The van der Waals surface area contributed by atoms with Crippen LogP contribution in [0.25, 0.3) is 0 Å². The summed E-state index contributed by atoms with van der Waals surface area (Å²) in [6, 6.07) is 16.3. The predicted molar refractivity (Wildman–Crippen MR) is 117 cm³/mol. The van der Waals surface area contributed by atoms with Gasteiger partial charge < -0.3 is 20.1 Å². The number of benzene rings is 2. The van der Waals surface area contributed by atoms with Crippen LogP contribution < -0.4 is 15.4 Å². The molecule has 0 saturated heterocycles. The zero-order valence-corrected chi connectivity index (χ0v) is 17.9. The molecule has 0 aliphatic heterocycles. The zero-order valence-electron chi connectivity index (χ0n) is 15.6. The summed E-state index contributed by atoms with van der Waals surface area (Å²) in [6.07, 6.45) is 0. The maximum atomic E-state index is 5.18. The minimum atomic E-state index is 0. The highest BCUT2D eigenvalue weighted by atomic mass is 127. The third-order valence-corrected chi connectivity index (χ3v) is 3.72. The highest BCUT2D eigenvalue weighted by Crippen LogP contribution is 2.12. The van der Waals surface area contributed by atoms with Crippen molar-refractivity contribution in [1.29, 1.82) is 0 Å². The normalized spacial score (nSPS) is 10.8. The summed E-state index contributed by atoms with van der Waals surface area (Å²) >= 11 is 0. The van der Waals surface area contributed by atoms with Gasteiger partial charge in [0, 0.05) is 20.2 Å². The number of rotatable bonds is 8. The quantitative estimate of drug-likeness (QED) is 0.352. The van der Waals surface area contributed by atoms with Gasteiger partial charge in [0.25, 0.3) is 0 Å². The van der Waals surface area contributed by atoms with E-state index < -0.39 is 0 Å². The van der Waals surface area contributed by atoms with Crippen LogP contribution in [0.2, 0.25) is 0 Å². The lowest BCUT2D eigenvalue weighted by atomic mass is 10.1. The van der Waals surface area contributed by atoms with Crippen molar-refractivity contribution < 1.29 is 9.47 Å². The smallest absolute Gasteiger partial charge is 0.191 e. The molecule has 2 aromatic rings. The van der Waals surface area contributed by atoms with Crippen molar-refractivity contribution >= 4 is 29.9 Å². The predicted octanol–water partition coefficient (Wildman–Crippen LogP) is 3.71. The van der Waals surface area contributed by atoms with Crippen LogP contribution in [-0.4, -0.2) is 26.7 Å². The second-order valence-electron chi connectivity index (χ2n) is 5.65. The molecule has 0 aliphatic carbocycles. The molecule has 2 N–H and O–H groups in total. The lowest BCUT2D eigenvalue weighted by molar-refractivity contribution is 0.185. The Balaban J connectivity index is 0.00000338. The zero-order chi connectivity index (χ0) is 17.9. The molecule has 0 fully saturated rings. The van der Waals surface area contributed by atoms with Crippen molar-refractivity contribution in [3.8, 4) is 5.75 Å². The third kappa shape index (κ3) is 7.61. The summed E-state index contributed by atoms with van der Waals surface area (Å²) in [6.45, 7) is 4.86. The first-order chi connectivity index (χ1) is 12.2. The number of halogens is 1. The fourth-order valence-electron chi connectivity index (χ4n) is 2.35. The topological polar surface area (TPSA) is 54.9 Å². The van der Waals surface area contributed by atoms with Crippen LogP contribution in [0, 0.1) is 0 Å². The minimum absolute atomic E-state index is 0. The van der Waals surface area contributed by atoms with Gasteiger partial charge in [-0.1, -0.05) is 36.4 Å². The lowest BCUT2D eigenvalue weighted by Gasteiger charge is -2.12. The Hall–Kier alpha value is -1.80. The summed E-state index contributed by atoms with van der Waals surface area (Å²) in [5, 5.41) is 6.64. The maximum absolute atomic E-state index is 5.18. The van der Waals surface area contributed by atoms with Gasteiger partial charge in [0.15, 0.2) is 5.96 Å². The lowest BCUT2D eigenvalue weighted by Crippen LogP contribution is -2.36. The van der Waals surface area contributed by atoms with Gasteiger partial charge in [-0.2, -0.15) is 0 Å². The highest BCUT2D eigenvalue weighted by Gasteiger charge is 2.00. The second-order valence-corrected chi connectivity index (χ2v) is 5.65. The first-order valence-electron chi connectivity index (χ1n) is 8.47. The van der Waals surface area contributed by atoms with E-state index in [1.807, 2.05) is 24.3 Å². The summed E-state index contributed by atoms with van der Waals surface area (Å²) in [4.78, 5) is 4.63. The van der Waals surface area contributed by atoms with E-state index in [-0.39, 0.29) is 24.0 Å². The molecule has 0 spiro atoms. The van der Waals surface area contributed by atoms with E-state index in [4.69, 9.17) is 9.47 Å². The van der Waals surface area contributed by atoms with Gasteiger partial charge in [0.05, 0.1) is 20.3 Å². The van der Waals surface area contributed by atoms with E-state index in [0.29, 0.717) is 13.2 Å².